The van der Waals surface area contributed by atoms with Crippen LogP contribution in [0.2, 0.25) is 0 Å². The van der Waals surface area contributed by atoms with Crippen molar-refractivity contribution in [3.05, 3.63) is 66.5 Å². The van der Waals surface area contributed by atoms with Crippen molar-refractivity contribution in [3.8, 4) is 0 Å². The van der Waals surface area contributed by atoms with Gasteiger partial charge in [-0.25, -0.2) is 0 Å². The summed E-state index contributed by atoms with van der Waals surface area (Å²) in [5, 5.41) is 2.53. The van der Waals surface area contributed by atoms with Crippen LogP contribution in [-0.2, 0) is 0 Å². The molecule has 0 saturated carbocycles. The zero-order chi connectivity index (χ0) is 14.7. The number of rotatable bonds is 4. The maximum Gasteiger partial charge on any atom is 0.0571 e. The summed E-state index contributed by atoms with van der Waals surface area (Å²) in [6.45, 7) is 2.07. The van der Waals surface area contributed by atoms with E-state index in [1.165, 1.54) is 15.7 Å². The Bertz CT molecular complexity index is 738. The van der Waals surface area contributed by atoms with Crippen LogP contribution < -0.4 is 5.73 Å². The lowest BCUT2D eigenvalue weighted by Crippen LogP contribution is -2.10. The maximum absolute atomic E-state index is 5.99. The number of hydrogen-bond acceptors (Lipinski definition) is 3. The molecule has 106 valence electrons. The van der Waals surface area contributed by atoms with Crippen molar-refractivity contribution in [2.45, 2.75) is 29.2 Å². The first-order valence-corrected chi connectivity index (χ1v) is 7.96. The Balaban J connectivity index is 1.81. The molecule has 0 spiro atoms. The molecule has 0 bridgehead atoms. The monoisotopic (exact) mass is 294 g/mol. The highest BCUT2D eigenvalue weighted by Crippen LogP contribution is 2.30. The van der Waals surface area contributed by atoms with Gasteiger partial charge in [-0.15, -0.1) is 0 Å². The number of aromatic nitrogens is 1. The van der Waals surface area contributed by atoms with Gasteiger partial charge in [-0.05, 0) is 41.5 Å². The zero-order valence-electron chi connectivity index (χ0n) is 12.0. The third-order valence-corrected chi connectivity index (χ3v) is 4.50. The van der Waals surface area contributed by atoms with Gasteiger partial charge in [0.2, 0.25) is 0 Å². The fraction of sp³-hybridized carbons (Fsp3) is 0.167. The minimum atomic E-state index is 0.0321. The van der Waals surface area contributed by atoms with E-state index in [1.54, 1.807) is 11.8 Å². The van der Waals surface area contributed by atoms with E-state index < -0.39 is 0 Å². The fourth-order valence-electron chi connectivity index (χ4n) is 2.25. The molecular formula is C18H18N2S. The normalized spacial score (nSPS) is 12.5. The lowest BCUT2D eigenvalue weighted by molar-refractivity contribution is 0.674. The molecule has 2 aromatic carbocycles. The minimum absolute atomic E-state index is 0.0321. The van der Waals surface area contributed by atoms with Gasteiger partial charge >= 0.3 is 0 Å². The van der Waals surface area contributed by atoms with Crippen molar-refractivity contribution in [2.75, 3.05) is 0 Å². The van der Waals surface area contributed by atoms with Gasteiger partial charge in [0.05, 0.1) is 5.69 Å². The first-order valence-electron chi connectivity index (χ1n) is 7.14. The summed E-state index contributed by atoms with van der Waals surface area (Å²) in [5.74, 6) is 0. The predicted molar refractivity (Wildman–Crippen MR) is 89.5 cm³/mol. The Morgan fingerprint density at radius 1 is 1.00 bits per heavy atom. The zero-order valence-corrected chi connectivity index (χ0v) is 12.8. The highest BCUT2D eigenvalue weighted by atomic mass is 32.2. The summed E-state index contributed by atoms with van der Waals surface area (Å²) in [6.07, 6.45) is 2.81. The van der Waals surface area contributed by atoms with Crippen molar-refractivity contribution >= 4 is 22.5 Å². The van der Waals surface area contributed by atoms with Crippen molar-refractivity contribution in [1.29, 1.82) is 0 Å². The molecule has 0 aliphatic carbocycles. The van der Waals surface area contributed by atoms with Gasteiger partial charge in [0.15, 0.2) is 0 Å². The number of benzene rings is 2. The average molecular weight is 294 g/mol. The molecule has 2 nitrogen and oxygen atoms in total. The van der Waals surface area contributed by atoms with Crippen LogP contribution in [0.25, 0.3) is 10.8 Å². The van der Waals surface area contributed by atoms with E-state index in [-0.39, 0.29) is 6.04 Å². The van der Waals surface area contributed by atoms with Gasteiger partial charge in [-0.3, -0.25) is 4.98 Å². The second-order valence-electron chi connectivity index (χ2n) is 5.04. The minimum Gasteiger partial charge on any atom is -0.323 e. The Labute approximate surface area is 129 Å². The molecule has 3 aromatic rings. The number of nitrogens with two attached hydrogens (primary N) is 1. The molecule has 1 aromatic heterocycles. The lowest BCUT2D eigenvalue weighted by Gasteiger charge is -2.09. The van der Waals surface area contributed by atoms with Crippen LogP contribution in [0, 0.1) is 0 Å². The Morgan fingerprint density at radius 3 is 2.48 bits per heavy atom. The first kappa shape index (κ1) is 14.1. The Kier molecular flexibility index (Phi) is 4.23. The van der Waals surface area contributed by atoms with Gasteiger partial charge in [0.1, 0.15) is 0 Å². The standard InChI is InChI=1S/C18H18N2S/c1-2-17(19)18-10-9-16(12-20-18)21-15-8-7-13-5-3-4-6-14(13)11-15/h3-12,17H,2,19H2,1H3/t17-/m0/s1. The molecule has 0 fully saturated rings. The van der Waals surface area contributed by atoms with E-state index >= 15 is 0 Å². The van der Waals surface area contributed by atoms with E-state index in [0.717, 1.165) is 17.0 Å². The quantitative estimate of drug-likeness (QED) is 0.751. The SMILES string of the molecule is CC[C@H](N)c1ccc(Sc2ccc3ccccc3c2)cn1. The predicted octanol–water partition coefficient (Wildman–Crippen LogP) is 4.80. The number of pyridine rings is 1. The van der Waals surface area contributed by atoms with Crippen molar-refractivity contribution in [3.63, 3.8) is 0 Å². The molecule has 0 amide bonds. The van der Waals surface area contributed by atoms with Crippen LogP contribution >= 0.6 is 11.8 Å². The van der Waals surface area contributed by atoms with Crippen LogP contribution in [0.1, 0.15) is 25.1 Å². The van der Waals surface area contributed by atoms with E-state index in [1.807, 2.05) is 12.3 Å². The second kappa shape index (κ2) is 6.29. The molecule has 0 aliphatic rings. The molecule has 2 N–H and O–H groups in total. The molecule has 3 rings (SSSR count). The van der Waals surface area contributed by atoms with Gasteiger partial charge < -0.3 is 5.73 Å². The van der Waals surface area contributed by atoms with Crippen LogP contribution in [0.3, 0.4) is 0 Å². The molecule has 1 atom stereocenters. The van der Waals surface area contributed by atoms with E-state index in [4.69, 9.17) is 5.73 Å². The summed E-state index contributed by atoms with van der Waals surface area (Å²) >= 11 is 1.73. The molecule has 0 unspecified atom stereocenters. The van der Waals surface area contributed by atoms with Crippen LogP contribution in [0.15, 0.2) is 70.6 Å². The summed E-state index contributed by atoms with van der Waals surface area (Å²) in [4.78, 5) is 6.82. The summed E-state index contributed by atoms with van der Waals surface area (Å²) < 4.78 is 0. The summed E-state index contributed by atoms with van der Waals surface area (Å²) in [7, 11) is 0. The third kappa shape index (κ3) is 3.26. The van der Waals surface area contributed by atoms with E-state index in [0.29, 0.717) is 0 Å². The molecule has 21 heavy (non-hydrogen) atoms. The smallest absolute Gasteiger partial charge is 0.0571 e. The van der Waals surface area contributed by atoms with Crippen LogP contribution in [0.5, 0.6) is 0 Å². The summed E-state index contributed by atoms with van der Waals surface area (Å²) in [5.41, 5.74) is 6.95. The molecule has 0 saturated heterocycles. The average Bonchev–Trinajstić information content (AvgIpc) is 2.55. The van der Waals surface area contributed by atoms with Gasteiger partial charge in [0.25, 0.3) is 0 Å². The maximum atomic E-state index is 5.99. The van der Waals surface area contributed by atoms with Crippen LogP contribution in [0.4, 0.5) is 0 Å². The second-order valence-corrected chi connectivity index (χ2v) is 6.19. The largest absolute Gasteiger partial charge is 0.323 e. The topological polar surface area (TPSA) is 38.9 Å². The first-order chi connectivity index (χ1) is 10.3. The summed E-state index contributed by atoms with van der Waals surface area (Å²) in [6, 6.07) is 19.1. The Morgan fingerprint density at radius 2 is 1.76 bits per heavy atom. The number of nitrogens with zero attached hydrogens (tertiary/aromatic N) is 1. The highest BCUT2D eigenvalue weighted by molar-refractivity contribution is 7.99. The lowest BCUT2D eigenvalue weighted by atomic mass is 10.1. The molecule has 0 aliphatic heterocycles. The molecule has 0 radical (unpaired) electrons. The van der Waals surface area contributed by atoms with Crippen molar-refractivity contribution in [2.24, 2.45) is 5.73 Å². The third-order valence-electron chi connectivity index (χ3n) is 3.54. The van der Waals surface area contributed by atoms with Crippen LogP contribution in [-0.4, -0.2) is 4.98 Å². The van der Waals surface area contributed by atoms with Gasteiger partial charge in [-0.2, -0.15) is 0 Å². The fourth-order valence-corrected chi connectivity index (χ4v) is 3.08. The van der Waals surface area contributed by atoms with E-state index in [9.17, 15) is 0 Å². The number of fused-ring (bicyclic) bond motifs is 1. The molecule has 3 heteroatoms. The molecular weight excluding hydrogens is 276 g/mol. The Hall–Kier alpha value is -1.84. The van der Waals surface area contributed by atoms with Crippen molar-refractivity contribution in [1.82, 2.24) is 4.98 Å². The highest BCUT2D eigenvalue weighted by Gasteiger charge is 2.05. The number of hydrogen-bond donors (Lipinski definition) is 1. The molecule has 1 heterocycles. The van der Waals surface area contributed by atoms with Gasteiger partial charge in [0, 0.05) is 22.0 Å². The van der Waals surface area contributed by atoms with E-state index in [2.05, 4.69) is 60.4 Å². The van der Waals surface area contributed by atoms with Gasteiger partial charge in [-0.1, -0.05) is 49.0 Å². The van der Waals surface area contributed by atoms with Crippen molar-refractivity contribution < 1.29 is 0 Å².